The molecule has 0 aromatic carbocycles. The van der Waals surface area contributed by atoms with Gasteiger partial charge in [-0.1, -0.05) is 362 Å². The molecule has 3 N–H and O–H groups in total. The first kappa shape index (κ1) is 95.1. The molecule has 0 amide bonds. The van der Waals surface area contributed by atoms with E-state index in [4.69, 9.17) is 37.0 Å². The topological polar surface area (TPSA) is 237 Å². The van der Waals surface area contributed by atoms with E-state index >= 15 is 0 Å². The van der Waals surface area contributed by atoms with E-state index in [1.54, 1.807) is 0 Å². The SMILES string of the molecule is CCCCCCCCCCCCCCCCCCCCCCCC(=O)O[C@H](COC(=O)CCCCCCCCCCCCC(C)CC)COP(=O)(O)OC[C@@H](O)COP(=O)(O)OC[C@@H](COC(=O)CCCCCCCCCCC)OC(=O)CCCCCCCCCCCCCCC. The highest BCUT2D eigenvalue weighted by Gasteiger charge is 2.30. The number of hydrogen-bond acceptors (Lipinski definition) is 15. The molecule has 17 nitrogen and oxygen atoms in total. The normalized spacial score (nSPS) is 14.2. The van der Waals surface area contributed by atoms with E-state index in [0.29, 0.717) is 25.7 Å². The molecule has 0 saturated carbocycles. The van der Waals surface area contributed by atoms with Crippen molar-refractivity contribution in [2.75, 3.05) is 39.6 Å². The number of hydrogen-bond donors (Lipinski definition) is 3. The van der Waals surface area contributed by atoms with Gasteiger partial charge >= 0.3 is 39.5 Å². The molecular weight excluding hydrogens is 1270 g/mol. The zero-order valence-electron chi connectivity index (χ0n) is 63.2. The first-order valence-electron chi connectivity index (χ1n) is 40.7. The van der Waals surface area contributed by atoms with Gasteiger partial charge in [0.05, 0.1) is 26.4 Å². The second-order valence-electron chi connectivity index (χ2n) is 28.3. The fraction of sp³-hybridized carbons (Fsp3) is 0.949. The summed E-state index contributed by atoms with van der Waals surface area (Å²) in [7, 11) is -9.91. The van der Waals surface area contributed by atoms with Crippen LogP contribution in [0.15, 0.2) is 0 Å². The zero-order valence-corrected chi connectivity index (χ0v) is 65.0. The molecule has 97 heavy (non-hydrogen) atoms. The number of carbonyl (C=O) groups excluding carboxylic acids is 4. The van der Waals surface area contributed by atoms with Crippen LogP contribution < -0.4 is 0 Å². The van der Waals surface area contributed by atoms with Gasteiger partial charge in [0.25, 0.3) is 0 Å². The van der Waals surface area contributed by atoms with Crippen LogP contribution >= 0.6 is 15.6 Å². The molecule has 0 aromatic heterocycles. The summed E-state index contributed by atoms with van der Waals surface area (Å²) < 4.78 is 68.6. The number of phosphoric acid groups is 2. The molecule has 0 aliphatic carbocycles. The molecule has 0 fully saturated rings. The standard InChI is InChI=1S/C78H152O17P2/c1-6-10-13-16-19-22-24-26-27-28-29-30-31-32-33-35-37-44-49-54-59-64-78(83)95-74(68-89-76(81)62-57-52-47-42-39-38-41-45-50-55-60-71(5)9-4)70-93-97(86,87)91-66-72(79)65-90-96(84,85)92-69-73(67-88-75(80)61-56-51-46-40-21-18-15-12-8-3)94-77(82)63-58-53-48-43-36-34-25-23-20-17-14-11-7-2/h71-74,79H,6-70H2,1-5H3,(H,84,85)(H,86,87)/t71?,72-,73+,74+/m0/s1. The Kier molecular flexibility index (Phi) is 69.6. The van der Waals surface area contributed by atoms with E-state index in [-0.39, 0.29) is 25.7 Å². The number of unbranched alkanes of at least 4 members (excludes halogenated alkanes) is 49. The Bertz CT molecular complexity index is 1860. The summed E-state index contributed by atoms with van der Waals surface area (Å²) in [4.78, 5) is 72.8. The van der Waals surface area contributed by atoms with Gasteiger partial charge < -0.3 is 33.8 Å². The average Bonchev–Trinajstić information content (AvgIpc) is 1.32. The van der Waals surface area contributed by atoms with Crippen molar-refractivity contribution in [3.63, 3.8) is 0 Å². The number of rotatable bonds is 78. The van der Waals surface area contributed by atoms with Crippen LogP contribution in [0.1, 0.15) is 413 Å². The van der Waals surface area contributed by atoms with E-state index in [2.05, 4.69) is 34.6 Å². The zero-order chi connectivity index (χ0) is 71.2. The van der Waals surface area contributed by atoms with E-state index in [1.807, 2.05) is 0 Å². The van der Waals surface area contributed by atoms with Crippen LogP contribution in [0.4, 0.5) is 0 Å². The molecule has 0 radical (unpaired) electrons. The van der Waals surface area contributed by atoms with Gasteiger partial charge in [-0.3, -0.25) is 37.3 Å². The lowest BCUT2D eigenvalue weighted by atomic mass is 9.99. The predicted molar refractivity (Wildman–Crippen MR) is 395 cm³/mol. The summed E-state index contributed by atoms with van der Waals surface area (Å²) in [5.41, 5.74) is 0. The highest BCUT2D eigenvalue weighted by Crippen LogP contribution is 2.45. The smallest absolute Gasteiger partial charge is 0.462 e. The monoisotopic (exact) mass is 1420 g/mol. The van der Waals surface area contributed by atoms with Gasteiger partial charge in [-0.25, -0.2) is 9.13 Å². The van der Waals surface area contributed by atoms with Crippen molar-refractivity contribution in [2.24, 2.45) is 5.92 Å². The number of aliphatic hydroxyl groups is 1. The van der Waals surface area contributed by atoms with Crippen molar-refractivity contribution < 1.29 is 80.2 Å². The van der Waals surface area contributed by atoms with Crippen molar-refractivity contribution in [1.29, 1.82) is 0 Å². The molecule has 0 rings (SSSR count). The van der Waals surface area contributed by atoms with Crippen molar-refractivity contribution in [1.82, 2.24) is 0 Å². The lowest BCUT2D eigenvalue weighted by Crippen LogP contribution is -2.30. The average molecular weight is 1420 g/mol. The Morgan fingerprint density at radius 2 is 0.495 bits per heavy atom. The lowest BCUT2D eigenvalue weighted by molar-refractivity contribution is -0.161. The minimum absolute atomic E-state index is 0.108. The Hall–Kier alpha value is -1.94. The van der Waals surface area contributed by atoms with Crippen LogP contribution in [0, 0.1) is 5.92 Å². The Morgan fingerprint density at radius 1 is 0.289 bits per heavy atom. The molecule has 0 saturated heterocycles. The summed E-state index contributed by atoms with van der Waals surface area (Å²) in [5, 5.41) is 10.6. The molecule has 6 atom stereocenters. The van der Waals surface area contributed by atoms with Gasteiger partial charge in [-0.05, 0) is 31.6 Å². The number of ether oxygens (including phenoxy) is 4. The maximum Gasteiger partial charge on any atom is 0.472 e. The van der Waals surface area contributed by atoms with E-state index in [1.165, 1.54) is 238 Å². The van der Waals surface area contributed by atoms with Crippen LogP contribution in [0.5, 0.6) is 0 Å². The van der Waals surface area contributed by atoms with Gasteiger partial charge in [-0.2, -0.15) is 0 Å². The minimum Gasteiger partial charge on any atom is -0.462 e. The third-order valence-electron chi connectivity index (χ3n) is 18.6. The molecule has 576 valence electrons. The van der Waals surface area contributed by atoms with Crippen molar-refractivity contribution in [3.05, 3.63) is 0 Å². The third kappa shape index (κ3) is 70.9. The molecule has 0 spiro atoms. The molecular formula is C78H152O17P2. The quantitative estimate of drug-likeness (QED) is 0.0222. The molecule has 19 heteroatoms. The van der Waals surface area contributed by atoms with E-state index < -0.39 is 97.5 Å². The van der Waals surface area contributed by atoms with Gasteiger partial charge in [-0.15, -0.1) is 0 Å². The lowest BCUT2D eigenvalue weighted by Gasteiger charge is -2.21. The van der Waals surface area contributed by atoms with Crippen LogP contribution in [0.25, 0.3) is 0 Å². The third-order valence-corrected chi connectivity index (χ3v) is 20.5. The number of aliphatic hydroxyl groups excluding tert-OH is 1. The number of esters is 4. The van der Waals surface area contributed by atoms with Gasteiger partial charge in [0.2, 0.25) is 0 Å². The van der Waals surface area contributed by atoms with Crippen LogP contribution in [-0.2, 0) is 65.4 Å². The highest BCUT2D eigenvalue weighted by molar-refractivity contribution is 7.47. The highest BCUT2D eigenvalue weighted by atomic mass is 31.2. The van der Waals surface area contributed by atoms with E-state index in [0.717, 1.165) is 95.8 Å². The van der Waals surface area contributed by atoms with Gasteiger partial charge in [0.1, 0.15) is 19.3 Å². The summed E-state index contributed by atoms with van der Waals surface area (Å²) >= 11 is 0. The Morgan fingerprint density at radius 3 is 0.732 bits per heavy atom. The fourth-order valence-corrected chi connectivity index (χ4v) is 13.6. The molecule has 0 aliphatic heterocycles. The molecule has 0 heterocycles. The van der Waals surface area contributed by atoms with Gasteiger partial charge in [0.15, 0.2) is 12.2 Å². The number of carbonyl (C=O) groups is 4. The van der Waals surface area contributed by atoms with Crippen LogP contribution in [-0.4, -0.2) is 96.7 Å². The van der Waals surface area contributed by atoms with E-state index in [9.17, 15) is 43.2 Å². The molecule has 3 unspecified atom stereocenters. The minimum atomic E-state index is -4.96. The molecule has 0 aromatic rings. The first-order chi connectivity index (χ1) is 47.1. The van der Waals surface area contributed by atoms with Crippen molar-refractivity contribution in [2.45, 2.75) is 432 Å². The Balaban J connectivity index is 5.20. The van der Waals surface area contributed by atoms with Crippen molar-refractivity contribution in [3.8, 4) is 0 Å². The predicted octanol–water partition coefficient (Wildman–Crippen LogP) is 23.3. The van der Waals surface area contributed by atoms with Crippen LogP contribution in [0.3, 0.4) is 0 Å². The summed E-state index contributed by atoms with van der Waals surface area (Å²) in [6.07, 6.45) is 61.0. The summed E-state index contributed by atoms with van der Waals surface area (Å²) in [6, 6.07) is 0. The maximum atomic E-state index is 13.1. The second-order valence-corrected chi connectivity index (χ2v) is 31.3. The second kappa shape index (κ2) is 71.1. The first-order valence-corrected chi connectivity index (χ1v) is 43.7. The Labute approximate surface area is 594 Å². The molecule has 0 aliphatic rings. The largest absolute Gasteiger partial charge is 0.472 e. The fourth-order valence-electron chi connectivity index (χ4n) is 12.0. The van der Waals surface area contributed by atoms with Crippen LogP contribution in [0.2, 0.25) is 0 Å². The molecule has 0 bridgehead atoms. The van der Waals surface area contributed by atoms with Gasteiger partial charge in [0, 0.05) is 25.7 Å². The summed E-state index contributed by atoms with van der Waals surface area (Å²) in [5.74, 6) is -1.30. The maximum absolute atomic E-state index is 13.1. The van der Waals surface area contributed by atoms with Crippen molar-refractivity contribution >= 4 is 39.5 Å². The number of phosphoric ester groups is 2. The summed E-state index contributed by atoms with van der Waals surface area (Å²) in [6.45, 7) is 7.32.